The second kappa shape index (κ2) is 5.55. The molecule has 0 bridgehead atoms. The fourth-order valence-corrected chi connectivity index (χ4v) is 1.83. The Labute approximate surface area is 101 Å². The van der Waals surface area contributed by atoms with Gasteiger partial charge in [0.05, 0.1) is 11.9 Å². The number of hydrogen-bond acceptors (Lipinski definition) is 3. The van der Waals surface area contributed by atoms with Crippen molar-refractivity contribution >= 4 is 0 Å². The SMILES string of the molecule is CCCc1cccc(C(O)c2cnccn2)c1. The van der Waals surface area contributed by atoms with Gasteiger partial charge in [0.15, 0.2) is 0 Å². The molecule has 3 nitrogen and oxygen atoms in total. The monoisotopic (exact) mass is 228 g/mol. The molecule has 2 rings (SSSR count). The fraction of sp³-hybridized carbons (Fsp3) is 0.286. The first-order valence-corrected chi connectivity index (χ1v) is 5.84. The highest BCUT2D eigenvalue weighted by molar-refractivity contribution is 5.29. The minimum absolute atomic E-state index is 0.584. The van der Waals surface area contributed by atoms with Crippen LogP contribution in [0.15, 0.2) is 42.9 Å². The van der Waals surface area contributed by atoms with Gasteiger partial charge in [-0.1, -0.05) is 37.6 Å². The van der Waals surface area contributed by atoms with E-state index in [9.17, 15) is 5.11 Å². The van der Waals surface area contributed by atoms with Crippen LogP contribution < -0.4 is 0 Å². The van der Waals surface area contributed by atoms with Crippen molar-refractivity contribution < 1.29 is 5.11 Å². The molecular formula is C14H16N2O. The minimum Gasteiger partial charge on any atom is -0.382 e. The largest absolute Gasteiger partial charge is 0.382 e. The molecule has 3 heteroatoms. The van der Waals surface area contributed by atoms with E-state index in [1.54, 1.807) is 18.6 Å². The first-order chi connectivity index (χ1) is 8.31. The minimum atomic E-state index is -0.694. The number of nitrogens with zero attached hydrogens (tertiary/aromatic N) is 2. The van der Waals surface area contributed by atoms with Crippen molar-refractivity contribution in [3.63, 3.8) is 0 Å². The van der Waals surface area contributed by atoms with Crippen molar-refractivity contribution in [1.82, 2.24) is 9.97 Å². The number of aryl methyl sites for hydroxylation is 1. The number of hydrogen-bond donors (Lipinski definition) is 1. The summed E-state index contributed by atoms with van der Waals surface area (Å²) in [5, 5.41) is 10.2. The maximum absolute atomic E-state index is 10.2. The lowest BCUT2D eigenvalue weighted by molar-refractivity contribution is 0.214. The van der Waals surface area contributed by atoms with Crippen LogP contribution in [-0.4, -0.2) is 15.1 Å². The van der Waals surface area contributed by atoms with Gasteiger partial charge in [-0.3, -0.25) is 9.97 Å². The highest BCUT2D eigenvalue weighted by Gasteiger charge is 2.11. The third-order valence-corrected chi connectivity index (χ3v) is 2.67. The maximum atomic E-state index is 10.2. The number of rotatable bonds is 4. The summed E-state index contributed by atoms with van der Waals surface area (Å²) in [5.74, 6) is 0. The van der Waals surface area contributed by atoms with Crippen molar-refractivity contribution in [3.8, 4) is 0 Å². The molecule has 0 aliphatic rings. The summed E-state index contributed by atoms with van der Waals surface area (Å²) in [6, 6.07) is 8.00. The van der Waals surface area contributed by atoms with E-state index < -0.39 is 6.10 Å². The molecule has 1 aromatic carbocycles. The quantitative estimate of drug-likeness (QED) is 0.874. The molecule has 1 aromatic heterocycles. The molecule has 17 heavy (non-hydrogen) atoms. The Bertz CT molecular complexity index is 471. The molecule has 0 fully saturated rings. The van der Waals surface area contributed by atoms with Gasteiger partial charge in [-0.15, -0.1) is 0 Å². The Morgan fingerprint density at radius 3 is 2.88 bits per heavy atom. The molecular weight excluding hydrogens is 212 g/mol. The molecule has 0 aliphatic heterocycles. The molecule has 0 saturated carbocycles. The summed E-state index contributed by atoms with van der Waals surface area (Å²) in [6.45, 7) is 2.14. The van der Waals surface area contributed by atoms with E-state index in [-0.39, 0.29) is 0 Å². The summed E-state index contributed by atoms with van der Waals surface area (Å²) in [6.07, 6.45) is 6.22. The third kappa shape index (κ3) is 2.88. The second-order valence-corrected chi connectivity index (χ2v) is 4.03. The van der Waals surface area contributed by atoms with E-state index >= 15 is 0 Å². The topological polar surface area (TPSA) is 46.0 Å². The van der Waals surface area contributed by atoms with E-state index in [0.717, 1.165) is 18.4 Å². The average Bonchev–Trinajstić information content (AvgIpc) is 2.40. The van der Waals surface area contributed by atoms with Gasteiger partial charge in [0.25, 0.3) is 0 Å². The summed E-state index contributed by atoms with van der Waals surface area (Å²) in [5.41, 5.74) is 2.70. The van der Waals surface area contributed by atoms with Crippen LogP contribution in [0.2, 0.25) is 0 Å². The van der Waals surface area contributed by atoms with Gasteiger partial charge in [-0.2, -0.15) is 0 Å². The zero-order valence-electron chi connectivity index (χ0n) is 9.87. The first kappa shape index (κ1) is 11.7. The van der Waals surface area contributed by atoms with E-state index in [1.165, 1.54) is 5.56 Å². The van der Waals surface area contributed by atoms with Crippen LogP contribution in [0.25, 0.3) is 0 Å². The van der Waals surface area contributed by atoms with E-state index in [2.05, 4.69) is 23.0 Å². The predicted molar refractivity (Wildman–Crippen MR) is 66.5 cm³/mol. The third-order valence-electron chi connectivity index (χ3n) is 2.67. The molecule has 1 unspecified atom stereocenters. The molecule has 1 N–H and O–H groups in total. The number of aliphatic hydroxyl groups is 1. The highest BCUT2D eigenvalue weighted by atomic mass is 16.3. The summed E-state index contributed by atoms with van der Waals surface area (Å²) in [4.78, 5) is 8.09. The number of aromatic nitrogens is 2. The van der Waals surface area contributed by atoms with Crippen molar-refractivity contribution in [1.29, 1.82) is 0 Å². The van der Waals surface area contributed by atoms with Gasteiger partial charge in [-0.25, -0.2) is 0 Å². The Balaban J connectivity index is 2.25. The van der Waals surface area contributed by atoms with Crippen LogP contribution in [0, 0.1) is 0 Å². The van der Waals surface area contributed by atoms with Gasteiger partial charge >= 0.3 is 0 Å². The van der Waals surface area contributed by atoms with Gasteiger partial charge < -0.3 is 5.11 Å². The smallest absolute Gasteiger partial charge is 0.123 e. The zero-order chi connectivity index (χ0) is 12.1. The lowest BCUT2D eigenvalue weighted by Gasteiger charge is -2.11. The van der Waals surface area contributed by atoms with Crippen LogP contribution in [-0.2, 0) is 6.42 Å². The summed E-state index contributed by atoms with van der Waals surface area (Å²) in [7, 11) is 0. The maximum Gasteiger partial charge on any atom is 0.123 e. The molecule has 0 spiro atoms. The Morgan fingerprint density at radius 2 is 2.18 bits per heavy atom. The molecule has 0 saturated heterocycles. The Morgan fingerprint density at radius 1 is 1.29 bits per heavy atom. The number of aliphatic hydroxyl groups excluding tert-OH is 1. The fourth-order valence-electron chi connectivity index (χ4n) is 1.83. The number of benzene rings is 1. The normalized spacial score (nSPS) is 12.4. The van der Waals surface area contributed by atoms with Gasteiger partial charge in [0, 0.05) is 12.4 Å². The molecule has 1 atom stereocenters. The van der Waals surface area contributed by atoms with Gasteiger partial charge in [-0.05, 0) is 17.5 Å². The Kier molecular flexibility index (Phi) is 3.83. The van der Waals surface area contributed by atoms with E-state index in [0.29, 0.717) is 5.69 Å². The molecule has 1 heterocycles. The van der Waals surface area contributed by atoms with Crippen molar-refractivity contribution in [2.75, 3.05) is 0 Å². The van der Waals surface area contributed by atoms with Crippen LogP contribution in [0.3, 0.4) is 0 Å². The van der Waals surface area contributed by atoms with E-state index in [1.807, 2.05) is 18.2 Å². The predicted octanol–water partition coefficient (Wildman–Crippen LogP) is 2.51. The standard InChI is InChI=1S/C14H16N2O/c1-2-4-11-5-3-6-12(9-11)14(17)13-10-15-7-8-16-13/h3,5-10,14,17H,2,4H2,1H3. The molecule has 88 valence electrons. The second-order valence-electron chi connectivity index (χ2n) is 4.03. The molecule has 0 radical (unpaired) electrons. The highest BCUT2D eigenvalue weighted by Crippen LogP contribution is 2.20. The van der Waals surface area contributed by atoms with Gasteiger partial charge in [0.1, 0.15) is 6.10 Å². The van der Waals surface area contributed by atoms with Crippen molar-refractivity contribution in [2.45, 2.75) is 25.9 Å². The van der Waals surface area contributed by atoms with Crippen LogP contribution in [0.5, 0.6) is 0 Å². The molecule has 0 aliphatic carbocycles. The molecule has 2 aromatic rings. The average molecular weight is 228 g/mol. The zero-order valence-corrected chi connectivity index (χ0v) is 9.87. The van der Waals surface area contributed by atoms with Crippen molar-refractivity contribution in [2.24, 2.45) is 0 Å². The summed E-state index contributed by atoms with van der Waals surface area (Å²) >= 11 is 0. The summed E-state index contributed by atoms with van der Waals surface area (Å²) < 4.78 is 0. The lowest BCUT2D eigenvalue weighted by Crippen LogP contribution is -2.03. The lowest BCUT2D eigenvalue weighted by atomic mass is 10.0. The molecule has 0 amide bonds. The van der Waals surface area contributed by atoms with Crippen LogP contribution in [0.4, 0.5) is 0 Å². The van der Waals surface area contributed by atoms with E-state index in [4.69, 9.17) is 0 Å². The van der Waals surface area contributed by atoms with Crippen molar-refractivity contribution in [3.05, 3.63) is 59.7 Å². The van der Waals surface area contributed by atoms with Crippen LogP contribution in [0.1, 0.15) is 36.3 Å². The van der Waals surface area contributed by atoms with Crippen LogP contribution >= 0.6 is 0 Å². The van der Waals surface area contributed by atoms with Gasteiger partial charge in [0.2, 0.25) is 0 Å². The first-order valence-electron chi connectivity index (χ1n) is 5.84. The Hall–Kier alpha value is -1.74.